The Kier molecular flexibility index (Phi) is 4.98. The van der Waals surface area contributed by atoms with Crippen molar-refractivity contribution in [3.8, 4) is 0 Å². The number of aromatic nitrogens is 2. The number of anilines is 1. The van der Waals surface area contributed by atoms with E-state index in [0.717, 1.165) is 17.9 Å². The zero-order valence-corrected chi connectivity index (χ0v) is 12.7. The highest BCUT2D eigenvalue weighted by atomic mass is 16.5. The lowest BCUT2D eigenvalue weighted by molar-refractivity contribution is 0.0505. The topological polar surface area (TPSA) is 56.1 Å². The molecule has 5 heteroatoms. The molecule has 0 aliphatic carbocycles. The molecule has 5 nitrogen and oxygen atoms in total. The highest BCUT2D eigenvalue weighted by molar-refractivity contribution is 5.89. The second-order valence-corrected chi connectivity index (χ2v) is 4.98. The molecule has 1 N–H and O–H groups in total. The predicted molar refractivity (Wildman–Crippen MR) is 82.3 cm³/mol. The van der Waals surface area contributed by atoms with Gasteiger partial charge in [0.1, 0.15) is 5.82 Å². The summed E-state index contributed by atoms with van der Waals surface area (Å²) >= 11 is 0. The van der Waals surface area contributed by atoms with Crippen molar-refractivity contribution in [3.05, 3.63) is 48.0 Å². The van der Waals surface area contributed by atoms with E-state index in [1.54, 1.807) is 18.3 Å². The van der Waals surface area contributed by atoms with Crippen LogP contribution in [-0.2, 0) is 11.8 Å². The number of hydrogen-bond acceptors (Lipinski definition) is 4. The second-order valence-electron chi connectivity index (χ2n) is 4.98. The van der Waals surface area contributed by atoms with E-state index in [9.17, 15) is 4.79 Å². The van der Waals surface area contributed by atoms with Crippen LogP contribution in [0, 0.1) is 0 Å². The Morgan fingerprint density at radius 2 is 2.10 bits per heavy atom. The number of esters is 1. The zero-order valence-electron chi connectivity index (χ0n) is 12.7. The van der Waals surface area contributed by atoms with Crippen molar-refractivity contribution < 1.29 is 9.53 Å². The van der Waals surface area contributed by atoms with Gasteiger partial charge in [-0.25, -0.2) is 9.78 Å². The average molecular weight is 287 g/mol. The number of nitrogens with one attached hydrogen (secondary N) is 1. The first-order chi connectivity index (χ1) is 10.1. The molecule has 1 aromatic carbocycles. The third kappa shape index (κ3) is 3.84. The Hall–Kier alpha value is -2.30. The number of carbonyl (C=O) groups is 1. The zero-order chi connectivity index (χ0) is 15.2. The summed E-state index contributed by atoms with van der Waals surface area (Å²) in [7, 11) is 1.97. The largest absolute Gasteiger partial charge is 0.462 e. The molecule has 112 valence electrons. The summed E-state index contributed by atoms with van der Waals surface area (Å²) in [5.41, 5.74) is 1.51. The van der Waals surface area contributed by atoms with Gasteiger partial charge in [-0.2, -0.15) is 0 Å². The van der Waals surface area contributed by atoms with E-state index < -0.39 is 0 Å². The van der Waals surface area contributed by atoms with Crippen molar-refractivity contribution in [2.24, 2.45) is 7.05 Å². The summed E-state index contributed by atoms with van der Waals surface area (Å²) in [4.78, 5) is 16.0. The number of benzene rings is 1. The molecular formula is C16H21N3O2. The minimum Gasteiger partial charge on any atom is -0.462 e. The second kappa shape index (κ2) is 6.92. The van der Waals surface area contributed by atoms with E-state index >= 15 is 0 Å². The molecule has 0 radical (unpaired) electrons. The number of ether oxygens (including phenoxy) is 1. The standard InChI is InChI=1S/C16H21N3O2/c1-4-11-21-16(20)13-5-7-14(8-6-13)18-12(2)15-17-9-10-19(15)3/h5-10,12,18H,4,11H2,1-3H3. The number of aryl methyl sites for hydroxylation is 1. The first-order valence-corrected chi connectivity index (χ1v) is 7.12. The van der Waals surface area contributed by atoms with E-state index in [4.69, 9.17) is 4.74 Å². The van der Waals surface area contributed by atoms with Crippen molar-refractivity contribution >= 4 is 11.7 Å². The maximum Gasteiger partial charge on any atom is 0.338 e. The maximum atomic E-state index is 11.7. The van der Waals surface area contributed by atoms with E-state index in [1.165, 1.54) is 0 Å². The molecule has 1 heterocycles. The minimum absolute atomic E-state index is 0.0860. The van der Waals surface area contributed by atoms with Gasteiger partial charge in [0.2, 0.25) is 0 Å². The van der Waals surface area contributed by atoms with E-state index in [-0.39, 0.29) is 12.0 Å². The highest BCUT2D eigenvalue weighted by Crippen LogP contribution is 2.18. The molecule has 2 rings (SSSR count). The lowest BCUT2D eigenvalue weighted by Crippen LogP contribution is -2.12. The van der Waals surface area contributed by atoms with Gasteiger partial charge in [-0.05, 0) is 37.6 Å². The van der Waals surface area contributed by atoms with Crippen LogP contribution < -0.4 is 5.32 Å². The number of rotatable bonds is 6. The van der Waals surface area contributed by atoms with Gasteiger partial charge < -0.3 is 14.6 Å². The fourth-order valence-electron chi connectivity index (χ4n) is 2.09. The van der Waals surface area contributed by atoms with Crippen molar-refractivity contribution in [2.45, 2.75) is 26.3 Å². The molecule has 0 aliphatic heterocycles. The van der Waals surface area contributed by atoms with Gasteiger partial charge in [-0.1, -0.05) is 6.92 Å². The van der Waals surface area contributed by atoms with E-state index in [2.05, 4.69) is 10.3 Å². The lowest BCUT2D eigenvalue weighted by atomic mass is 10.2. The summed E-state index contributed by atoms with van der Waals surface area (Å²) in [5, 5.41) is 3.36. The van der Waals surface area contributed by atoms with Crippen LogP contribution in [-0.4, -0.2) is 22.1 Å². The minimum atomic E-state index is -0.277. The molecule has 0 amide bonds. The van der Waals surface area contributed by atoms with Gasteiger partial charge in [-0.3, -0.25) is 0 Å². The lowest BCUT2D eigenvalue weighted by Gasteiger charge is -2.15. The number of nitrogens with zero attached hydrogens (tertiary/aromatic N) is 2. The molecular weight excluding hydrogens is 266 g/mol. The Morgan fingerprint density at radius 3 is 2.67 bits per heavy atom. The molecule has 0 aliphatic rings. The first-order valence-electron chi connectivity index (χ1n) is 7.12. The Morgan fingerprint density at radius 1 is 1.38 bits per heavy atom. The van der Waals surface area contributed by atoms with Gasteiger partial charge in [0.25, 0.3) is 0 Å². The van der Waals surface area contributed by atoms with Crippen LogP contribution in [0.5, 0.6) is 0 Å². The van der Waals surface area contributed by atoms with Crippen LogP contribution >= 0.6 is 0 Å². The third-order valence-corrected chi connectivity index (χ3v) is 3.19. The molecule has 2 aromatic rings. The van der Waals surface area contributed by atoms with Gasteiger partial charge in [-0.15, -0.1) is 0 Å². The third-order valence-electron chi connectivity index (χ3n) is 3.19. The molecule has 0 spiro atoms. The van der Waals surface area contributed by atoms with Gasteiger partial charge in [0.15, 0.2) is 0 Å². The molecule has 21 heavy (non-hydrogen) atoms. The number of hydrogen-bond donors (Lipinski definition) is 1. The summed E-state index contributed by atoms with van der Waals surface area (Å²) in [6.07, 6.45) is 4.52. The van der Waals surface area contributed by atoms with Crippen LogP contribution in [0.4, 0.5) is 5.69 Å². The fraction of sp³-hybridized carbons (Fsp3) is 0.375. The van der Waals surface area contributed by atoms with Crippen molar-refractivity contribution in [2.75, 3.05) is 11.9 Å². The van der Waals surface area contributed by atoms with Crippen LogP contribution in [0.3, 0.4) is 0 Å². The number of carbonyl (C=O) groups excluding carboxylic acids is 1. The van der Waals surface area contributed by atoms with Gasteiger partial charge >= 0.3 is 5.97 Å². The Labute approximate surface area is 125 Å². The molecule has 0 saturated heterocycles. The van der Waals surface area contributed by atoms with Gasteiger partial charge in [0.05, 0.1) is 18.2 Å². The Balaban J connectivity index is 1.99. The summed E-state index contributed by atoms with van der Waals surface area (Å²) < 4.78 is 7.08. The summed E-state index contributed by atoms with van der Waals surface area (Å²) in [6.45, 7) is 4.47. The molecule has 0 saturated carbocycles. The summed E-state index contributed by atoms with van der Waals surface area (Å²) in [6, 6.07) is 7.38. The fourth-order valence-corrected chi connectivity index (χ4v) is 2.09. The Bertz CT molecular complexity index is 590. The van der Waals surface area contributed by atoms with Crippen molar-refractivity contribution in [1.82, 2.24) is 9.55 Å². The van der Waals surface area contributed by atoms with Crippen molar-refractivity contribution in [3.63, 3.8) is 0 Å². The normalized spacial score (nSPS) is 12.0. The summed E-state index contributed by atoms with van der Waals surface area (Å²) in [5.74, 6) is 0.682. The van der Waals surface area contributed by atoms with Crippen molar-refractivity contribution in [1.29, 1.82) is 0 Å². The van der Waals surface area contributed by atoms with E-state index in [0.29, 0.717) is 12.2 Å². The molecule has 0 bridgehead atoms. The maximum absolute atomic E-state index is 11.7. The smallest absolute Gasteiger partial charge is 0.338 e. The molecule has 1 atom stereocenters. The monoisotopic (exact) mass is 287 g/mol. The van der Waals surface area contributed by atoms with Crippen LogP contribution in [0.15, 0.2) is 36.7 Å². The quantitative estimate of drug-likeness (QED) is 0.829. The highest BCUT2D eigenvalue weighted by Gasteiger charge is 2.11. The van der Waals surface area contributed by atoms with E-state index in [1.807, 2.05) is 43.8 Å². The van der Waals surface area contributed by atoms with Crippen LogP contribution in [0.2, 0.25) is 0 Å². The molecule has 0 fully saturated rings. The average Bonchev–Trinajstić information content (AvgIpc) is 2.91. The first kappa shape index (κ1) is 15.1. The molecule has 1 unspecified atom stereocenters. The van der Waals surface area contributed by atoms with Crippen LogP contribution in [0.25, 0.3) is 0 Å². The predicted octanol–water partition coefficient (Wildman–Crippen LogP) is 3.16. The SMILES string of the molecule is CCCOC(=O)c1ccc(NC(C)c2nccn2C)cc1. The van der Waals surface area contributed by atoms with Gasteiger partial charge in [0, 0.05) is 25.1 Å². The van der Waals surface area contributed by atoms with Crippen LogP contribution in [0.1, 0.15) is 42.5 Å². The number of imidazole rings is 1. The molecule has 1 aromatic heterocycles.